The molecule has 0 spiro atoms. The van der Waals surface area contributed by atoms with Gasteiger partial charge in [0.05, 0.1) is 11.5 Å². The Labute approximate surface area is 146 Å². The standard InChI is InChI=1S/C19H22N2O4/c1-13(2)18(14-6-4-3-5-7-14)20-10-15-8-17(21(22)23)9-16-11-24-12-25-19(15)16/h3-9,13,18,20H,10-12H2,1-2H3/t18-/m1/s1. The Kier molecular flexibility index (Phi) is 5.31. The predicted octanol–water partition coefficient (Wildman–Crippen LogP) is 3.95. The first-order valence-electron chi connectivity index (χ1n) is 8.35. The maximum Gasteiger partial charge on any atom is 0.270 e. The van der Waals surface area contributed by atoms with Crippen molar-refractivity contribution < 1.29 is 14.4 Å². The number of nitrogens with one attached hydrogen (secondary N) is 1. The number of ether oxygens (including phenoxy) is 2. The first kappa shape index (κ1) is 17.4. The molecule has 1 aliphatic rings. The summed E-state index contributed by atoms with van der Waals surface area (Å²) in [5, 5.41) is 14.7. The van der Waals surface area contributed by atoms with Crippen LogP contribution in [0.4, 0.5) is 5.69 Å². The molecule has 132 valence electrons. The van der Waals surface area contributed by atoms with Crippen molar-refractivity contribution in [2.75, 3.05) is 6.79 Å². The molecule has 1 aliphatic heterocycles. The molecule has 1 atom stereocenters. The van der Waals surface area contributed by atoms with E-state index < -0.39 is 0 Å². The topological polar surface area (TPSA) is 73.6 Å². The van der Waals surface area contributed by atoms with Gasteiger partial charge >= 0.3 is 0 Å². The monoisotopic (exact) mass is 342 g/mol. The van der Waals surface area contributed by atoms with Crippen LogP contribution in [-0.2, 0) is 17.9 Å². The average molecular weight is 342 g/mol. The summed E-state index contributed by atoms with van der Waals surface area (Å²) in [6.45, 7) is 5.29. The maximum atomic E-state index is 11.2. The zero-order chi connectivity index (χ0) is 17.8. The van der Waals surface area contributed by atoms with Crippen molar-refractivity contribution in [3.63, 3.8) is 0 Å². The van der Waals surface area contributed by atoms with Gasteiger partial charge in [-0.05, 0) is 11.5 Å². The molecular formula is C19H22N2O4. The summed E-state index contributed by atoms with van der Waals surface area (Å²) in [7, 11) is 0. The van der Waals surface area contributed by atoms with Crippen LogP contribution in [0.25, 0.3) is 0 Å². The van der Waals surface area contributed by atoms with Crippen molar-refractivity contribution in [1.29, 1.82) is 0 Å². The number of nitro groups is 1. The summed E-state index contributed by atoms with van der Waals surface area (Å²) in [4.78, 5) is 10.8. The fourth-order valence-corrected chi connectivity index (χ4v) is 3.14. The molecule has 2 aromatic rings. The van der Waals surface area contributed by atoms with Gasteiger partial charge < -0.3 is 14.8 Å². The third kappa shape index (κ3) is 3.97. The van der Waals surface area contributed by atoms with Crippen molar-refractivity contribution in [1.82, 2.24) is 5.32 Å². The molecule has 0 saturated heterocycles. The zero-order valence-corrected chi connectivity index (χ0v) is 14.4. The third-order valence-electron chi connectivity index (χ3n) is 4.32. The molecule has 0 unspecified atom stereocenters. The molecule has 0 radical (unpaired) electrons. The summed E-state index contributed by atoms with van der Waals surface area (Å²) in [5.41, 5.74) is 2.76. The second-order valence-electron chi connectivity index (χ2n) is 6.47. The number of rotatable bonds is 6. The van der Waals surface area contributed by atoms with Gasteiger partial charge in [-0.2, -0.15) is 0 Å². The van der Waals surface area contributed by atoms with Crippen molar-refractivity contribution in [3.05, 3.63) is 69.3 Å². The minimum absolute atomic E-state index is 0.0606. The molecule has 1 heterocycles. The minimum Gasteiger partial charge on any atom is -0.467 e. The van der Waals surface area contributed by atoms with Crippen LogP contribution < -0.4 is 10.1 Å². The molecular weight excluding hydrogens is 320 g/mol. The molecule has 0 aliphatic carbocycles. The van der Waals surface area contributed by atoms with E-state index in [0.29, 0.717) is 24.8 Å². The van der Waals surface area contributed by atoms with E-state index in [1.54, 1.807) is 6.07 Å². The number of hydrogen-bond acceptors (Lipinski definition) is 5. The minimum atomic E-state index is -0.379. The van der Waals surface area contributed by atoms with E-state index in [1.807, 2.05) is 18.2 Å². The lowest BCUT2D eigenvalue weighted by Gasteiger charge is -2.25. The SMILES string of the molecule is CC(C)[C@@H](NCc1cc([N+](=O)[O-])cc2c1OCOC2)c1ccccc1. The normalized spacial score (nSPS) is 14.7. The molecule has 25 heavy (non-hydrogen) atoms. The van der Waals surface area contributed by atoms with Gasteiger partial charge in [-0.15, -0.1) is 0 Å². The number of benzene rings is 2. The Hall–Kier alpha value is -2.44. The fourth-order valence-electron chi connectivity index (χ4n) is 3.14. The number of nitro benzene ring substituents is 1. The fraction of sp³-hybridized carbons (Fsp3) is 0.368. The van der Waals surface area contributed by atoms with Gasteiger partial charge in [-0.3, -0.25) is 10.1 Å². The van der Waals surface area contributed by atoms with Gasteiger partial charge in [0, 0.05) is 35.8 Å². The summed E-state index contributed by atoms with van der Waals surface area (Å²) in [5.74, 6) is 1.07. The highest BCUT2D eigenvalue weighted by molar-refractivity contribution is 5.50. The Morgan fingerprint density at radius 2 is 2.00 bits per heavy atom. The van der Waals surface area contributed by atoms with Crippen LogP contribution in [0.1, 0.15) is 36.6 Å². The number of non-ortho nitro benzene ring substituents is 1. The number of nitrogens with zero attached hydrogens (tertiary/aromatic N) is 1. The van der Waals surface area contributed by atoms with Crippen LogP contribution in [-0.4, -0.2) is 11.7 Å². The molecule has 0 bridgehead atoms. The smallest absolute Gasteiger partial charge is 0.270 e. The van der Waals surface area contributed by atoms with Crippen molar-refractivity contribution in [3.8, 4) is 5.75 Å². The van der Waals surface area contributed by atoms with E-state index in [0.717, 1.165) is 11.1 Å². The van der Waals surface area contributed by atoms with Crippen LogP contribution in [0.3, 0.4) is 0 Å². The van der Waals surface area contributed by atoms with Crippen molar-refractivity contribution >= 4 is 5.69 Å². The molecule has 6 heteroatoms. The Bertz CT molecular complexity index is 747. The number of hydrogen-bond donors (Lipinski definition) is 1. The van der Waals surface area contributed by atoms with E-state index in [1.165, 1.54) is 11.6 Å². The van der Waals surface area contributed by atoms with E-state index >= 15 is 0 Å². The van der Waals surface area contributed by atoms with Crippen LogP contribution >= 0.6 is 0 Å². The second-order valence-corrected chi connectivity index (χ2v) is 6.47. The molecule has 2 aromatic carbocycles. The summed E-state index contributed by atoms with van der Waals surface area (Å²) < 4.78 is 10.9. The third-order valence-corrected chi connectivity index (χ3v) is 4.32. The first-order chi connectivity index (χ1) is 12.1. The summed E-state index contributed by atoms with van der Waals surface area (Å²) in [6.07, 6.45) is 0. The van der Waals surface area contributed by atoms with Crippen LogP contribution in [0.2, 0.25) is 0 Å². The average Bonchev–Trinajstić information content (AvgIpc) is 2.62. The highest BCUT2D eigenvalue weighted by Gasteiger charge is 2.22. The molecule has 1 N–H and O–H groups in total. The summed E-state index contributed by atoms with van der Waals surface area (Å²) in [6, 6.07) is 13.5. The lowest BCUT2D eigenvalue weighted by atomic mass is 9.95. The molecule has 6 nitrogen and oxygen atoms in total. The molecule has 3 rings (SSSR count). The van der Waals surface area contributed by atoms with Crippen molar-refractivity contribution in [2.45, 2.75) is 33.0 Å². The Balaban J connectivity index is 1.86. The van der Waals surface area contributed by atoms with E-state index in [-0.39, 0.29) is 23.4 Å². The van der Waals surface area contributed by atoms with Gasteiger partial charge in [0.25, 0.3) is 5.69 Å². The van der Waals surface area contributed by atoms with Gasteiger partial charge in [0.1, 0.15) is 5.75 Å². The Morgan fingerprint density at radius 1 is 1.24 bits per heavy atom. The van der Waals surface area contributed by atoms with E-state index in [9.17, 15) is 10.1 Å². The van der Waals surface area contributed by atoms with E-state index in [2.05, 4.69) is 31.3 Å². The maximum absolute atomic E-state index is 11.2. The van der Waals surface area contributed by atoms with Crippen LogP contribution in [0.15, 0.2) is 42.5 Å². The lowest BCUT2D eigenvalue weighted by Crippen LogP contribution is -2.26. The highest BCUT2D eigenvalue weighted by atomic mass is 16.7. The van der Waals surface area contributed by atoms with Crippen molar-refractivity contribution in [2.24, 2.45) is 5.92 Å². The van der Waals surface area contributed by atoms with Gasteiger partial charge in [0.15, 0.2) is 6.79 Å². The quantitative estimate of drug-likeness (QED) is 0.635. The summed E-state index contributed by atoms with van der Waals surface area (Å²) >= 11 is 0. The van der Waals surface area contributed by atoms with Gasteiger partial charge in [-0.25, -0.2) is 0 Å². The largest absolute Gasteiger partial charge is 0.467 e. The molecule has 0 fully saturated rings. The van der Waals surface area contributed by atoms with Crippen LogP contribution in [0.5, 0.6) is 5.75 Å². The molecule has 0 saturated carbocycles. The van der Waals surface area contributed by atoms with E-state index in [4.69, 9.17) is 9.47 Å². The van der Waals surface area contributed by atoms with Crippen LogP contribution in [0, 0.1) is 16.0 Å². The number of fused-ring (bicyclic) bond motifs is 1. The zero-order valence-electron chi connectivity index (χ0n) is 14.4. The van der Waals surface area contributed by atoms with Gasteiger partial charge in [0.2, 0.25) is 0 Å². The first-order valence-corrected chi connectivity index (χ1v) is 8.35. The lowest BCUT2D eigenvalue weighted by molar-refractivity contribution is -0.385. The Morgan fingerprint density at radius 3 is 2.68 bits per heavy atom. The second kappa shape index (κ2) is 7.63. The highest BCUT2D eigenvalue weighted by Crippen LogP contribution is 2.33. The molecule has 0 aromatic heterocycles. The van der Waals surface area contributed by atoms with Gasteiger partial charge in [-0.1, -0.05) is 44.2 Å². The molecule has 0 amide bonds. The predicted molar refractivity (Wildman–Crippen MR) is 94.2 cm³/mol.